The van der Waals surface area contributed by atoms with Crippen LogP contribution in [0.1, 0.15) is 104 Å². The van der Waals surface area contributed by atoms with E-state index in [-0.39, 0.29) is 23.4 Å². The highest BCUT2D eigenvalue weighted by Gasteiger charge is 2.43. The van der Waals surface area contributed by atoms with Gasteiger partial charge < -0.3 is 9.80 Å². The van der Waals surface area contributed by atoms with Crippen LogP contribution >= 0.6 is 0 Å². The van der Waals surface area contributed by atoms with Gasteiger partial charge in [0, 0.05) is 51.4 Å². The van der Waals surface area contributed by atoms with E-state index >= 15 is 0 Å². The topological polar surface area (TPSA) is 136 Å². The minimum Gasteiger partial charge on any atom is -0.343 e. The zero-order valence-corrected chi connectivity index (χ0v) is 26.3. The summed E-state index contributed by atoms with van der Waals surface area (Å²) in [6.07, 6.45) is 11.0. The highest BCUT2D eigenvalue weighted by Crippen LogP contribution is 2.32. The van der Waals surface area contributed by atoms with Crippen LogP contribution in [0, 0.1) is 0 Å². The Balaban J connectivity index is 0.000000230. The van der Waals surface area contributed by atoms with Crippen molar-refractivity contribution in [2.24, 2.45) is 0 Å². The van der Waals surface area contributed by atoms with E-state index in [4.69, 9.17) is 0 Å². The molecule has 0 N–H and O–H groups in total. The van der Waals surface area contributed by atoms with Crippen molar-refractivity contribution in [3.05, 3.63) is 23.8 Å². The first kappa shape index (κ1) is 33.1. The largest absolute Gasteiger partial charge is 0.343 e. The van der Waals surface area contributed by atoms with Crippen LogP contribution in [0.5, 0.6) is 0 Å². The average Bonchev–Trinajstić information content (AvgIpc) is 3.67. The van der Waals surface area contributed by atoms with E-state index in [1.807, 2.05) is 36.0 Å². The number of rotatable bonds is 10. The minimum absolute atomic E-state index is 0.0963. The summed E-state index contributed by atoms with van der Waals surface area (Å²) in [6.45, 7) is 13.6. The lowest BCUT2D eigenvalue weighted by molar-refractivity contribution is -0.137. The quantitative estimate of drug-likeness (QED) is 0.416. The van der Waals surface area contributed by atoms with Crippen LogP contribution in [-0.2, 0) is 43.1 Å². The van der Waals surface area contributed by atoms with Gasteiger partial charge in [-0.25, -0.2) is 9.36 Å². The predicted molar refractivity (Wildman–Crippen MR) is 158 cm³/mol. The van der Waals surface area contributed by atoms with Crippen molar-refractivity contribution >= 4 is 23.4 Å². The molecular formula is C30H48N8O4. The maximum absolute atomic E-state index is 12.2. The third-order valence-electron chi connectivity index (χ3n) is 8.77. The molecule has 0 atom stereocenters. The molecule has 2 amide bonds. The van der Waals surface area contributed by atoms with Gasteiger partial charge in [-0.2, -0.15) is 0 Å². The van der Waals surface area contributed by atoms with Gasteiger partial charge in [-0.15, -0.1) is 10.2 Å². The molecule has 232 valence electrons. The van der Waals surface area contributed by atoms with Crippen LogP contribution in [0.2, 0.25) is 0 Å². The fourth-order valence-electron chi connectivity index (χ4n) is 5.94. The lowest BCUT2D eigenvalue weighted by atomic mass is 9.84. The maximum atomic E-state index is 12.2. The lowest BCUT2D eigenvalue weighted by Crippen LogP contribution is -2.51. The van der Waals surface area contributed by atoms with Gasteiger partial charge in [0.1, 0.15) is 11.1 Å². The molecule has 2 aliphatic rings. The molecule has 0 radical (unpaired) electrons. The van der Waals surface area contributed by atoms with Crippen LogP contribution in [0.15, 0.2) is 12.4 Å². The van der Waals surface area contributed by atoms with Crippen LogP contribution in [0.25, 0.3) is 0 Å². The monoisotopic (exact) mass is 584 g/mol. The highest BCUT2D eigenvalue weighted by atomic mass is 16.2. The number of hydrogen-bond acceptors (Lipinski definition) is 8. The van der Waals surface area contributed by atoms with Gasteiger partial charge in [0.2, 0.25) is 11.8 Å². The van der Waals surface area contributed by atoms with E-state index in [0.29, 0.717) is 64.7 Å². The second-order valence-corrected chi connectivity index (χ2v) is 11.5. The third-order valence-corrected chi connectivity index (χ3v) is 8.77. The van der Waals surface area contributed by atoms with Crippen molar-refractivity contribution in [1.29, 1.82) is 0 Å². The van der Waals surface area contributed by atoms with Crippen LogP contribution in [0.4, 0.5) is 0 Å². The van der Waals surface area contributed by atoms with Gasteiger partial charge in [0.15, 0.2) is 11.6 Å². The molecule has 0 bridgehead atoms. The summed E-state index contributed by atoms with van der Waals surface area (Å²) in [7, 11) is 0. The van der Waals surface area contributed by atoms with Gasteiger partial charge >= 0.3 is 0 Å². The van der Waals surface area contributed by atoms with Gasteiger partial charge in [0.25, 0.3) is 0 Å². The second kappa shape index (κ2) is 14.6. The standard InChI is InChI=1S/2C15H24N4O2/c2*1-4-6-13-11-19(17-16-13)15(12(3)20)7-9-18(10-8-15)14(21)5-2/h2*11H,4-10H2,1-3H3. The second-order valence-electron chi connectivity index (χ2n) is 11.5. The number of aryl methyl sites for hydroxylation is 2. The molecule has 2 aromatic rings. The minimum atomic E-state index is -0.635. The normalized spacial score (nSPS) is 17.8. The molecule has 42 heavy (non-hydrogen) atoms. The first-order valence-electron chi connectivity index (χ1n) is 15.5. The Morgan fingerprint density at radius 2 is 0.976 bits per heavy atom. The van der Waals surface area contributed by atoms with Crippen molar-refractivity contribution in [2.75, 3.05) is 26.2 Å². The fraction of sp³-hybridized carbons (Fsp3) is 0.733. The maximum Gasteiger partial charge on any atom is 0.222 e. The Bertz CT molecular complexity index is 1130. The Morgan fingerprint density at radius 1 is 0.643 bits per heavy atom. The van der Waals surface area contributed by atoms with E-state index in [2.05, 4.69) is 34.5 Å². The van der Waals surface area contributed by atoms with E-state index in [1.54, 1.807) is 23.2 Å². The number of ketones is 2. The smallest absolute Gasteiger partial charge is 0.222 e. The molecule has 0 aromatic carbocycles. The Morgan fingerprint density at radius 3 is 1.24 bits per heavy atom. The molecule has 2 saturated heterocycles. The predicted octanol–water partition coefficient (Wildman–Crippen LogP) is 3.09. The number of piperidine rings is 2. The van der Waals surface area contributed by atoms with Crippen LogP contribution in [0.3, 0.4) is 0 Å². The Hall–Kier alpha value is -3.44. The Labute approximate surface area is 249 Å². The molecule has 4 rings (SSSR count). The number of aromatic nitrogens is 6. The molecule has 12 heteroatoms. The number of carbonyl (C=O) groups is 4. The molecule has 0 spiro atoms. The fourth-order valence-corrected chi connectivity index (χ4v) is 5.94. The van der Waals surface area contributed by atoms with Crippen molar-refractivity contribution in [1.82, 2.24) is 39.8 Å². The van der Waals surface area contributed by atoms with Crippen molar-refractivity contribution in [3.63, 3.8) is 0 Å². The molecule has 2 fully saturated rings. The van der Waals surface area contributed by atoms with E-state index in [9.17, 15) is 19.2 Å². The molecule has 0 saturated carbocycles. The number of likely N-dealkylation sites (tertiary alicyclic amines) is 2. The molecular weight excluding hydrogens is 536 g/mol. The molecule has 12 nitrogen and oxygen atoms in total. The summed E-state index contributed by atoms with van der Waals surface area (Å²) in [5.41, 5.74) is 0.572. The molecule has 0 aliphatic carbocycles. The highest BCUT2D eigenvalue weighted by molar-refractivity contribution is 5.85. The van der Waals surface area contributed by atoms with E-state index in [1.165, 1.54) is 0 Å². The van der Waals surface area contributed by atoms with E-state index in [0.717, 1.165) is 37.1 Å². The molecule has 2 aromatic heterocycles. The SMILES string of the molecule is CCCc1cn(C2(C(C)=O)CCN(C(=O)CC)CC2)nn1.CCCc1cn(C2(C(C)=O)CCN(C(=O)CC)CC2)nn1. The van der Waals surface area contributed by atoms with Crippen molar-refractivity contribution < 1.29 is 19.2 Å². The Kier molecular flexibility index (Phi) is 11.5. The first-order valence-corrected chi connectivity index (χ1v) is 15.5. The number of Topliss-reactive ketones (excluding diaryl/α,β-unsaturated/α-hetero) is 2. The zero-order valence-electron chi connectivity index (χ0n) is 26.3. The van der Waals surface area contributed by atoms with Gasteiger partial charge in [0.05, 0.1) is 11.4 Å². The summed E-state index contributed by atoms with van der Waals surface area (Å²) in [5, 5.41) is 16.7. The average molecular weight is 585 g/mol. The van der Waals surface area contributed by atoms with Crippen molar-refractivity contribution in [2.45, 2.75) is 117 Å². The summed E-state index contributed by atoms with van der Waals surface area (Å²) < 4.78 is 3.46. The summed E-state index contributed by atoms with van der Waals surface area (Å²) >= 11 is 0. The molecule has 4 heterocycles. The third kappa shape index (κ3) is 7.12. The number of amides is 2. The van der Waals surface area contributed by atoms with Crippen LogP contribution in [-0.4, -0.2) is 89.3 Å². The summed E-state index contributed by atoms with van der Waals surface area (Å²) in [4.78, 5) is 51.7. The number of carbonyl (C=O) groups excluding carboxylic acids is 4. The lowest BCUT2D eigenvalue weighted by Gasteiger charge is -2.39. The van der Waals surface area contributed by atoms with Crippen LogP contribution < -0.4 is 0 Å². The molecule has 2 aliphatic heterocycles. The number of nitrogens with zero attached hydrogens (tertiary/aromatic N) is 8. The zero-order chi connectivity index (χ0) is 30.9. The summed E-state index contributed by atoms with van der Waals surface area (Å²) in [5.74, 6) is 0.493. The van der Waals surface area contributed by atoms with Gasteiger partial charge in [-0.3, -0.25) is 19.2 Å². The van der Waals surface area contributed by atoms with Gasteiger partial charge in [-0.05, 0) is 52.4 Å². The van der Waals surface area contributed by atoms with Gasteiger partial charge in [-0.1, -0.05) is 51.0 Å². The summed E-state index contributed by atoms with van der Waals surface area (Å²) in [6, 6.07) is 0. The first-order chi connectivity index (χ1) is 20.1. The molecule has 0 unspecified atom stereocenters. The number of hydrogen-bond donors (Lipinski definition) is 0. The van der Waals surface area contributed by atoms with Crippen molar-refractivity contribution in [3.8, 4) is 0 Å². The van der Waals surface area contributed by atoms with E-state index < -0.39 is 11.1 Å².